The maximum Gasteiger partial charge on any atom is 0.320 e. The minimum Gasteiger partial charge on any atom is -0.368 e. The van der Waals surface area contributed by atoms with E-state index in [9.17, 15) is 4.79 Å². The van der Waals surface area contributed by atoms with Gasteiger partial charge in [0.25, 0.3) is 0 Å². The van der Waals surface area contributed by atoms with E-state index in [1.165, 1.54) is 11.3 Å². The molecule has 0 atom stereocenters. The van der Waals surface area contributed by atoms with Crippen LogP contribution >= 0.6 is 0 Å². The van der Waals surface area contributed by atoms with Crippen molar-refractivity contribution in [2.24, 2.45) is 0 Å². The van der Waals surface area contributed by atoms with E-state index in [4.69, 9.17) is 0 Å². The number of anilines is 1. The van der Waals surface area contributed by atoms with Gasteiger partial charge in [-0.15, -0.1) is 0 Å². The van der Waals surface area contributed by atoms with Gasteiger partial charge < -0.3 is 14.7 Å². The summed E-state index contributed by atoms with van der Waals surface area (Å²) in [4.78, 5) is 18.8. The molecule has 1 aromatic rings. The van der Waals surface area contributed by atoms with Gasteiger partial charge >= 0.3 is 6.03 Å². The fourth-order valence-corrected chi connectivity index (χ4v) is 3.21. The van der Waals surface area contributed by atoms with Gasteiger partial charge in [-0.25, -0.2) is 4.79 Å². The summed E-state index contributed by atoms with van der Waals surface area (Å²) in [5, 5.41) is 0. The smallest absolute Gasteiger partial charge is 0.320 e. The second-order valence-corrected chi connectivity index (χ2v) is 5.97. The van der Waals surface area contributed by atoms with Gasteiger partial charge in [-0.3, -0.25) is 0 Å². The standard InChI is InChI=1S/C17H25N3O/c1-2-15-5-7-16(8-6-15)18-11-13-20(14-12-18)17(21)19-9-3-4-10-19/h5-8H,2-4,9-14H2,1H3. The molecule has 0 bridgehead atoms. The number of carbonyl (C=O) groups is 1. The number of amides is 2. The Bertz CT molecular complexity index is 471. The number of nitrogens with zero attached hydrogens (tertiary/aromatic N) is 3. The molecule has 2 aliphatic heterocycles. The van der Waals surface area contributed by atoms with Crippen LogP contribution in [0.25, 0.3) is 0 Å². The maximum absolute atomic E-state index is 12.4. The van der Waals surface area contributed by atoms with Crippen molar-refractivity contribution in [2.45, 2.75) is 26.2 Å². The van der Waals surface area contributed by atoms with E-state index in [0.29, 0.717) is 0 Å². The summed E-state index contributed by atoms with van der Waals surface area (Å²) in [5.74, 6) is 0. The third-order valence-electron chi connectivity index (χ3n) is 4.64. The van der Waals surface area contributed by atoms with Crippen LogP contribution in [-0.4, -0.2) is 55.1 Å². The number of aryl methyl sites for hydroxylation is 1. The number of carbonyl (C=O) groups excluding carboxylic acids is 1. The monoisotopic (exact) mass is 287 g/mol. The van der Waals surface area contributed by atoms with Crippen LogP contribution in [-0.2, 0) is 6.42 Å². The third-order valence-corrected chi connectivity index (χ3v) is 4.64. The molecule has 0 spiro atoms. The largest absolute Gasteiger partial charge is 0.368 e. The van der Waals surface area contributed by atoms with Crippen molar-refractivity contribution < 1.29 is 4.79 Å². The quantitative estimate of drug-likeness (QED) is 0.836. The molecule has 0 radical (unpaired) electrons. The molecule has 2 heterocycles. The zero-order valence-electron chi connectivity index (χ0n) is 12.9. The second-order valence-electron chi connectivity index (χ2n) is 5.97. The summed E-state index contributed by atoms with van der Waals surface area (Å²) < 4.78 is 0. The Balaban J connectivity index is 1.55. The van der Waals surface area contributed by atoms with Crippen molar-refractivity contribution in [3.8, 4) is 0 Å². The van der Waals surface area contributed by atoms with Gasteiger partial charge in [-0.1, -0.05) is 19.1 Å². The van der Waals surface area contributed by atoms with E-state index in [1.807, 2.05) is 9.80 Å². The first kappa shape index (κ1) is 14.2. The van der Waals surface area contributed by atoms with Crippen LogP contribution in [0.15, 0.2) is 24.3 Å². The summed E-state index contributed by atoms with van der Waals surface area (Å²) in [6.45, 7) is 7.61. The van der Waals surface area contributed by atoms with E-state index < -0.39 is 0 Å². The topological polar surface area (TPSA) is 26.8 Å². The Kier molecular flexibility index (Phi) is 4.32. The summed E-state index contributed by atoms with van der Waals surface area (Å²) in [7, 11) is 0. The molecule has 2 fully saturated rings. The highest BCUT2D eigenvalue weighted by Gasteiger charge is 2.26. The second kappa shape index (κ2) is 6.37. The molecule has 4 heteroatoms. The number of urea groups is 1. The van der Waals surface area contributed by atoms with Crippen LogP contribution < -0.4 is 4.90 Å². The summed E-state index contributed by atoms with van der Waals surface area (Å²) in [6, 6.07) is 9.07. The van der Waals surface area contributed by atoms with Crippen LogP contribution in [0, 0.1) is 0 Å². The Morgan fingerprint density at radius 1 is 0.905 bits per heavy atom. The Morgan fingerprint density at radius 3 is 2.05 bits per heavy atom. The molecule has 4 nitrogen and oxygen atoms in total. The fraction of sp³-hybridized carbons (Fsp3) is 0.588. The van der Waals surface area contributed by atoms with Crippen LogP contribution in [0.4, 0.5) is 10.5 Å². The number of likely N-dealkylation sites (tertiary alicyclic amines) is 1. The molecule has 0 unspecified atom stereocenters. The molecule has 2 amide bonds. The lowest BCUT2D eigenvalue weighted by Gasteiger charge is -2.37. The van der Waals surface area contributed by atoms with Crippen molar-refractivity contribution in [3.05, 3.63) is 29.8 Å². The predicted octanol–water partition coefficient (Wildman–Crippen LogP) is 2.59. The first-order chi connectivity index (χ1) is 10.3. The Labute approximate surface area is 127 Å². The molecule has 0 saturated carbocycles. The zero-order chi connectivity index (χ0) is 14.7. The van der Waals surface area contributed by atoms with E-state index in [1.54, 1.807) is 0 Å². The van der Waals surface area contributed by atoms with Crippen LogP contribution in [0.2, 0.25) is 0 Å². The number of piperazine rings is 1. The molecule has 2 aliphatic rings. The minimum atomic E-state index is 0.244. The van der Waals surface area contributed by atoms with E-state index >= 15 is 0 Å². The average molecular weight is 287 g/mol. The van der Waals surface area contributed by atoms with Crippen molar-refractivity contribution in [1.82, 2.24) is 9.80 Å². The van der Waals surface area contributed by atoms with Crippen molar-refractivity contribution in [1.29, 1.82) is 0 Å². The van der Waals surface area contributed by atoms with Crippen molar-refractivity contribution in [2.75, 3.05) is 44.2 Å². The lowest BCUT2D eigenvalue weighted by molar-refractivity contribution is 0.159. The molecule has 3 rings (SSSR count). The van der Waals surface area contributed by atoms with E-state index in [2.05, 4.69) is 36.1 Å². The molecule has 0 N–H and O–H groups in total. The van der Waals surface area contributed by atoms with Crippen molar-refractivity contribution >= 4 is 11.7 Å². The van der Waals surface area contributed by atoms with Gasteiger partial charge in [0.05, 0.1) is 0 Å². The first-order valence-corrected chi connectivity index (χ1v) is 8.15. The lowest BCUT2D eigenvalue weighted by atomic mass is 10.1. The average Bonchev–Trinajstić information content (AvgIpc) is 3.09. The number of hydrogen-bond donors (Lipinski definition) is 0. The van der Waals surface area contributed by atoms with Crippen LogP contribution in [0.5, 0.6) is 0 Å². The highest BCUT2D eigenvalue weighted by atomic mass is 16.2. The summed E-state index contributed by atoms with van der Waals surface area (Å²) >= 11 is 0. The van der Waals surface area contributed by atoms with Crippen LogP contribution in [0.3, 0.4) is 0 Å². The third kappa shape index (κ3) is 3.14. The van der Waals surface area contributed by atoms with Crippen molar-refractivity contribution in [3.63, 3.8) is 0 Å². The van der Waals surface area contributed by atoms with Gasteiger partial charge in [-0.05, 0) is 37.0 Å². The van der Waals surface area contributed by atoms with Crippen LogP contribution in [0.1, 0.15) is 25.3 Å². The molecule has 114 valence electrons. The van der Waals surface area contributed by atoms with Gasteiger partial charge in [0, 0.05) is 45.0 Å². The normalized spacial score (nSPS) is 19.2. The molecule has 21 heavy (non-hydrogen) atoms. The molecular weight excluding hydrogens is 262 g/mol. The van der Waals surface area contributed by atoms with Gasteiger partial charge in [0.1, 0.15) is 0 Å². The lowest BCUT2D eigenvalue weighted by Crippen LogP contribution is -2.52. The van der Waals surface area contributed by atoms with E-state index in [0.717, 1.165) is 58.5 Å². The molecule has 0 aromatic heterocycles. The summed E-state index contributed by atoms with van der Waals surface area (Å²) in [5.41, 5.74) is 2.65. The number of rotatable bonds is 2. The Morgan fingerprint density at radius 2 is 1.48 bits per heavy atom. The number of benzene rings is 1. The zero-order valence-corrected chi connectivity index (χ0v) is 12.9. The number of hydrogen-bond acceptors (Lipinski definition) is 2. The molecule has 2 saturated heterocycles. The highest BCUT2D eigenvalue weighted by molar-refractivity contribution is 5.75. The summed E-state index contributed by atoms with van der Waals surface area (Å²) in [6.07, 6.45) is 3.41. The SMILES string of the molecule is CCc1ccc(N2CCN(C(=O)N3CCCC3)CC2)cc1. The maximum atomic E-state index is 12.4. The molecule has 1 aromatic carbocycles. The molecule has 0 aliphatic carbocycles. The van der Waals surface area contributed by atoms with Gasteiger partial charge in [0.2, 0.25) is 0 Å². The minimum absolute atomic E-state index is 0.244. The Hall–Kier alpha value is -1.71. The molecular formula is C17H25N3O. The first-order valence-electron chi connectivity index (χ1n) is 8.15. The van der Waals surface area contributed by atoms with E-state index in [-0.39, 0.29) is 6.03 Å². The fourth-order valence-electron chi connectivity index (χ4n) is 3.21. The van der Waals surface area contributed by atoms with Gasteiger partial charge in [0.15, 0.2) is 0 Å². The predicted molar refractivity (Wildman–Crippen MR) is 85.8 cm³/mol. The van der Waals surface area contributed by atoms with Gasteiger partial charge in [-0.2, -0.15) is 0 Å². The highest BCUT2D eigenvalue weighted by Crippen LogP contribution is 2.19.